The maximum Gasteiger partial charge on any atom is 0.163 e. The van der Waals surface area contributed by atoms with Crippen LogP contribution in [-0.4, -0.2) is 39.7 Å². The lowest BCUT2D eigenvalue weighted by Gasteiger charge is -2.19. The van der Waals surface area contributed by atoms with E-state index in [1.807, 2.05) is 43.6 Å². The second-order valence-electron chi connectivity index (χ2n) is 8.18. The molecule has 7 heteroatoms. The highest BCUT2D eigenvalue weighted by Crippen LogP contribution is 2.36. The van der Waals surface area contributed by atoms with Crippen LogP contribution in [-0.2, 0) is 18.9 Å². The fraction of sp³-hybridized carbons (Fsp3) is 0.259. The van der Waals surface area contributed by atoms with Crippen LogP contribution in [0.25, 0.3) is 0 Å². The van der Waals surface area contributed by atoms with Gasteiger partial charge in [-0.2, -0.15) is 0 Å². The van der Waals surface area contributed by atoms with Gasteiger partial charge in [-0.15, -0.1) is 11.6 Å². The minimum atomic E-state index is 0.113. The van der Waals surface area contributed by atoms with E-state index in [1.54, 1.807) is 19.2 Å². The molecule has 34 heavy (non-hydrogen) atoms. The Balaban J connectivity index is 1.57. The van der Waals surface area contributed by atoms with Crippen LogP contribution in [0.1, 0.15) is 27.0 Å². The lowest BCUT2D eigenvalue weighted by molar-refractivity contribution is 0.112. The van der Waals surface area contributed by atoms with Crippen molar-refractivity contribution in [2.24, 2.45) is 4.99 Å². The topological polar surface area (TPSA) is 63.2 Å². The quantitative estimate of drug-likeness (QED) is 0.246. The number of aliphatic imine (C=N–C) groups is 1. The number of aldehydes is 1. The molecule has 0 saturated heterocycles. The number of nitrogens with one attached hydrogen (secondary N) is 1. The zero-order valence-corrected chi connectivity index (χ0v) is 20.3. The summed E-state index contributed by atoms with van der Waals surface area (Å²) >= 11 is 6.03. The molecule has 6 nitrogen and oxygen atoms in total. The molecule has 0 amide bonds. The van der Waals surface area contributed by atoms with Crippen LogP contribution in [0.3, 0.4) is 0 Å². The fourth-order valence-electron chi connectivity index (χ4n) is 4.16. The molecule has 176 valence electrons. The second-order valence-corrected chi connectivity index (χ2v) is 8.45. The van der Waals surface area contributed by atoms with E-state index >= 15 is 0 Å². The van der Waals surface area contributed by atoms with Gasteiger partial charge < -0.3 is 19.7 Å². The number of methoxy groups -OCH3 is 1. The summed E-state index contributed by atoms with van der Waals surface area (Å²) in [5.74, 6) is 1.41. The van der Waals surface area contributed by atoms with Crippen LogP contribution < -0.4 is 19.7 Å². The maximum absolute atomic E-state index is 11.8. The van der Waals surface area contributed by atoms with Crippen LogP contribution >= 0.6 is 11.6 Å². The summed E-state index contributed by atoms with van der Waals surface area (Å²) in [7, 11) is 5.47. The number of rotatable bonds is 9. The lowest BCUT2D eigenvalue weighted by atomic mass is 10.1. The first-order valence-corrected chi connectivity index (χ1v) is 11.6. The van der Waals surface area contributed by atoms with E-state index in [2.05, 4.69) is 34.4 Å². The number of hydrogen-bond donors (Lipinski definition) is 1. The third-order valence-corrected chi connectivity index (χ3v) is 6.32. The van der Waals surface area contributed by atoms with E-state index < -0.39 is 0 Å². The van der Waals surface area contributed by atoms with Gasteiger partial charge in [-0.3, -0.25) is 9.79 Å². The van der Waals surface area contributed by atoms with Crippen LogP contribution in [0.4, 0.5) is 17.1 Å². The smallest absolute Gasteiger partial charge is 0.163 e. The van der Waals surface area contributed by atoms with E-state index in [-0.39, 0.29) is 6.04 Å². The van der Waals surface area contributed by atoms with Crippen LogP contribution in [0.2, 0.25) is 0 Å². The molecule has 1 aliphatic heterocycles. The number of fused-ring (bicyclic) bond motifs is 1. The Morgan fingerprint density at radius 3 is 2.65 bits per heavy atom. The highest BCUT2D eigenvalue weighted by atomic mass is 35.5. The summed E-state index contributed by atoms with van der Waals surface area (Å²) in [5, 5.41) is 3.14. The van der Waals surface area contributed by atoms with Gasteiger partial charge in [0.05, 0.1) is 18.8 Å². The van der Waals surface area contributed by atoms with E-state index in [4.69, 9.17) is 21.1 Å². The number of ether oxygens (including phenoxy) is 2. The van der Waals surface area contributed by atoms with E-state index in [9.17, 15) is 4.79 Å². The molecule has 0 aromatic heterocycles. The lowest BCUT2D eigenvalue weighted by Crippen LogP contribution is -2.28. The van der Waals surface area contributed by atoms with Crippen molar-refractivity contribution in [3.63, 3.8) is 0 Å². The second kappa shape index (κ2) is 10.6. The van der Waals surface area contributed by atoms with Gasteiger partial charge in [-0.05, 0) is 47.4 Å². The molecule has 0 radical (unpaired) electrons. The predicted octanol–water partition coefficient (Wildman–Crippen LogP) is 5.63. The normalized spacial score (nSPS) is 14.8. The van der Waals surface area contributed by atoms with Crippen molar-refractivity contribution in [1.29, 1.82) is 0 Å². The van der Waals surface area contributed by atoms with Crippen molar-refractivity contribution in [2.45, 2.75) is 24.9 Å². The van der Waals surface area contributed by atoms with E-state index in [1.165, 1.54) is 11.3 Å². The summed E-state index contributed by atoms with van der Waals surface area (Å²) in [6, 6.07) is 17.9. The Morgan fingerprint density at radius 2 is 1.94 bits per heavy atom. The summed E-state index contributed by atoms with van der Waals surface area (Å²) in [5.41, 5.74) is 6.42. The first kappa shape index (κ1) is 23.6. The molecule has 1 unspecified atom stereocenters. The fourth-order valence-corrected chi connectivity index (χ4v) is 4.31. The largest absolute Gasteiger partial charge is 0.493 e. The Labute approximate surface area is 205 Å². The standard InChI is InChI=1S/C27H28ClN3O3/c1-29-22-9-18(14-28)8-19(10-22)17-34-27-13-24(21(16-32)12-26(27)33-3)30-15-23-11-20-6-4-5-7-25(20)31(23)2/h4-10,12-13,15-16,23,29H,11,14,17H2,1-3H3. The average Bonchev–Trinajstić information content (AvgIpc) is 3.20. The molecule has 0 fully saturated rings. The van der Waals surface area contributed by atoms with Gasteiger partial charge in [0.25, 0.3) is 0 Å². The molecule has 1 atom stereocenters. The number of carbonyl (C=O) groups is 1. The van der Waals surface area contributed by atoms with Gasteiger partial charge in [0, 0.05) is 49.2 Å². The Kier molecular flexibility index (Phi) is 7.38. The van der Waals surface area contributed by atoms with Gasteiger partial charge in [-0.25, -0.2) is 0 Å². The van der Waals surface area contributed by atoms with Crippen molar-refractivity contribution in [1.82, 2.24) is 0 Å². The number of carbonyl (C=O) groups excluding carboxylic acids is 1. The summed E-state index contributed by atoms with van der Waals surface area (Å²) in [4.78, 5) is 18.6. The zero-order valence-electron chi connectivity index (χ0n) is 19.5. The van der Waals surface area contributed by atoms with Gasteiger partial charge in [-0.1, -0.05) is 24.3 Å². The molecule has 4 rings (SSSR count). The molecule has 1 N–H and O–H groups in total. The molecule has 0 bridgehead atoms. The molecular formula is C27H28ClN3O3. The predicted molar refractivity (Wildman–Crippen MR) is 139 cm³/mol. The number of likely N-dealkylation sites (N-methyl/N-ethyl adjacent to an activating group) is 1. The molecule has 1 heterocycles. The van der Waals surface area contributed by atoms with Crippen LogP contribution in [0.5, 0.6) is 11.5 Å². The Morgan fingerprint density at radius 1 is 1.15 bits per heavy atom. The average molecular weight is 478 g/mol. The SMILES string of the molecule is CNc1cc(CCl)cc(COc2cc(N=CC3Cc4ccccc4N3C)c(C=O)cc2OC)c1. The van der Waals surface area contributed by atoms with Crippen LogP contribution in [0, 0.1) is 0 Å². The third-order valence-electron chi connectivity index (χ3n) is 6.01. The van der Waals surface area contributed by atoms with Gasteiger partial charge in [0.1, 0.15) is 6.61 Å². The van der Waals surface area contributed by atoms with Crippen molar-refractivity contribution in [3.05, 3.63) is 76.9 Å². The number of anilines is 2. The summed E-state index contributed by atoms with van der Waals surface area (Å²) in [6.45, 7) is 0.319. The molecule has 0 aliphatic carbocycles. The molecule has 0 saturated carbocycles. The van der Waals surface area contributed by atoms with Crippen molar-refractivity contribution >= 4 is 41.2 Å². The minimum Gasteiger partial charge on any atom is -0.493 e. The molecule has 1 aliphatic rings. The van der Waals surface area contributed by atoms with Gasteiger partial charge >= 0.3 is 0 Å². The molecule has 3 aromatic carbocycles. The van der Waals surface area contributed by atoms with E-state index in [0.29, 0.717) is 35.2 Å². The van der Waals surface area contributed by atoms with Crippen molar-refractivity contribution < 1.29 is 14.3 Å². The minimum absolute atomic E-state index is 0.113. The number of para-hydroxylation sites is 1. The maximum atomic E-state index is 11.8. The summed E-state index contributed by atoms with van der Waals surface area (Å²) in [6.07, 6.45) is 3.55. The number of alkyl halides is 1. The highest BCUT2D eigenvalue weighted by Gasteiger charge is 2.24. The Bertz CT molecular complexity index is 1190. The number of benzene rings is 3. The van der Waals surface area contributed by atoms with Crippen molar-refractivity contribution in [3.8, 4) is 11.5 Å². The molecular weight excluding hydrogens is 450 g/mol. The monoisotopic (exact) mass is 477 g/mol. The van der Waals surface area contributed by atoms with Gasteiger partial charge in [0.2, 0.25) is 0 Å². The number of hydrogen-bond acceptors (Lipinski definition) is 6. The van der Waals surface area contributed by atoms with Crippen molar-refractivity contribution in [2.75, 3.05) is 31.4 Å². The zero-order chi connectivity index (χ0) is 24.1. The number of halogens is 1. The highest BCUT2D eigenvalue weighted by molar-refractivity contribution is 6.17. The van der Waals surface area contributed by atoms with Crippen LogP contribution in [0.15, 0.2) is 59.6 Å². The molecule has 0 spiro atoms. The number of nitrogens with zero attached hydrogens (tertiary/aromatic N) is 2. The third kappa shape index (κ3) is 5.02. The Hall–Kier alpha value is -3.51. The van der Waals surface area contributed by atoms with Gasteiger partial charge in [0.15, 0.2) is 17.8 Å². The van der Waals surface area contributed by atoms with E-state index in [0.717, 1.165) is 29.5 Å². The summed E-state index contributed by atoms with van der Waals surface area (Å²) < 4.78 is 11.6. The first-order chi connectivity index (χ1) is 16.6. The first-order valence-electron chi connectivity index (χ1n) is 11.1. The molecule has 3 aromatic rings.